The molecule has 1 fully saturated rings. The third-order valence-electron chi connectivity index (χ3n) is 4.76. The topological polar surface area (TPSA) is 52.0 Å². The molecule has 1 saturated carbocycles. The summed E-state index contributed by atoms with van der Waals surface area (Å²) in [7, 11) is 0. The maximum absolute atomic E-state index is 12.3. The summed E-state index contributed by atoms with van der Waals surface area (Å²) in [5, 5.41) is 7.90. The number of ether oxygens (including phenoxy) is 1. The molecule has 0 unspecified atom stereocenters. The van der Waals surface area contributed by atoms with Gasteiger partial charge in [-0.15, -0.1) is 18.3 Å². The van der Waals surface area contributed by atoms with Crippen LogP contribution >= 0.6 is 0 Å². The molecule has 29 heavy (non-hydrogen) atoms. The molecule has 152 valence electrons. The maximum Gasteiger partial charge on any atom is 0.573 e. The Hall–Kier alpha value is -2.87. The molecule has 0 spiro atoms. The van der Waals surface area contributed by atoms with Gasteiger partial charge in [0.2, 0.25) is 0 Å². The number of benzene rings is 2. The van der Waals surface area contributed by atoms with Crippen molar-refractivity contribution in [2.75, 3.05) is 13.1 Å². The van der Waals surface area contributed by atoms with Gasteiger partial charge in [0.05, 0.1) is 5.69 Å². The fourth-order valence-corrected chi connectivity index (χ4v) is 3.00. The Morgan fingerprint density at radius 2 is 1.76 bits per heavy atom. The van der Waals surface area contributed by atoms with E-state index < -0.39 is 6.36 Å². The number of alkyl halides is 3. The zero-order chi connectivity index (χ0) is 20.3. The lowest BCUT2D eigenvalue weighted by atomic mass is 10.1. The highest BCUT2D eigenvalue weighted by Crippen LogP contribution is 2.27. The summed E-state index contributed by atoms with van der Waals surface area (Å²) in [6.07, 6.45) is 0.507. The molecule has 0 bridgehead atoms. The zero-order valence-corrected chi connectivity index (χ0v) is 15.7. The second-order valence-electron chi connectivity index (χ2n) is 7.15. The van der Waals surface area contributed by atoms with Gasteiger partial charge in [-0.1, -0.05) is 24.3 Å². The SMILES string of the molecule is FC(F)(F)Oc1ccc(-n2cnc(-c3ccc(CCNCC4CC4)cc3)n2)cc1. The molecule has 1 aliphatic rings. The molecule has 8 heteroatoms. The van der Waals surface area contributed by atoms with E-state index in [2.05, 4.69) is 32.3 Å². The minimum atomic E-state index is -4.71. The van der Waals surface area contributed by atoms with E-state index >= 15 is 0 Å². The first-order valence-electron chi connectivity index (χ1n) is 9.54. The normalized spacial score (nSPS) is 14.2. The number of nitrogens with zero attached hydrogens (tertiary/aromatic N) is 3. The van der Waals surface area contributed by atoms with Crippen molar-refractivity contribution in [3.63, 3.8) is 0 Å². The second kappa shape index (κ2) is 8.24. The summed E-state index contributed by atoms with van der Waals surface area (Å²) in [5.74, 6) is 1.16. The first kappa shape index (κ1) is 19.4. The minimum absolute atomic E-state index is 0.274. The van der Waals surface area contributed by atoms with Crippen molar-refractivity contribution in [3.05, 3.63) is 60.4 Å². The molecule has 2 aromatic carbocycles. The molecular formula is C21H21F3N4O. The van der Waals surface area contributed by atoms with Gasteiger partial charge >= 0.3 is 6.36 Å². The second-order valence-corrected chi connectivity index (χ2v) is 7.15. The van der Waals surface area contributed by atoms with E-state index in [0.29, 0.717) is 11.5 Å². The summed E-state index contributed by atoms with van der Waals surface area (Å²) >= 11 is 0. The van der Waals surface area contributed by atoms with Gasteiger partial charge < -0.3 is 10.1 Å². The first-order chi connectivity index (χ1) is 14.0. The van der Waals surface area contributed by atoms with Crippen LogP contribution in [0.4, 0.5) is 13.2 Å². The summed E-state index contributed by atoms with van der Waals surface area (Å²) in [5.41, 5.74) is 2.73. The van der Waals surface area contributed by atoms with Crippen LogP contribution in [0.25, 0.3) is 17.1 Å². The predicted octanol–water partition coefficient (Wildman–Crippen LogP) is 4.38. The van der Waals surface area contributed by atoms with Gasteiger partial charge in [-0.2, -0.15) is 0 Å². The molecule has 0 amide bonds. The van der Waals surface area contributed by atoms with Crippen LogP contribution in [0.2, 0.25) is 0 Å². The third kappa shape index (κ3) is 5.57. The molecule has 5 nitrogen and oxygen atoms in total. The zero-order valence-electron chi connectivity index (χ0n) is 15.7. The average Bonchev–Trinajstić information content (AvgIpc) is 3.39. The quantitative estimate of drug-likeness (QED) is 0.569. The van der Waals surface area contributed by atoms with Crippen molar-refractivity contribution in [2.45, 2.75) is 25.6 Å². The van der Waals surface area contributed by atoms with Crippen molar-refractivity contribution in [2.24, 2.45) is 5.92 Å². The first-order valence-corrected chi connectivity index (χ1v) is 9.54. The van der Waals surface area contributed by atoms with Gasteiger partial charge in [-0.3, -0.25) is 0 Å². The van der Waals surface area contributed by atoms with Crippen molar-refractivity contribution in [3.8, 4) is 22.8 Å². The highest BCUT2D eigenvalue weighted by Gasteiger charge is 2.31. The summed E-state index contributed by atoms with van der Waals surface area (Å²) in [6, 6.07) is 13.6. The third-order valence-corrected chi connectivity index (χ3v) is 4.76. The van der Waals surface area contributed by atoms with Crippen molar-refractivity contribution in [1.29, 1.82) is 0 Å². The summed E-state index contributed by atoms with van der Waals surface area (Å²) in [6.45, 7) is 2.08. The van der Waals surface area contributed by atoms with E-state index in [1.54, 1.807) is 0 Å². The standard InChI is InChI=1S/C21H21F3N4O/c22-21(23,24)29-19-9-7-18(8-10-19)28-14-26-20(27-28)17-5-3-15(4-6-17)11-12-25-13-16-1-2-16/h3-10,14,16,25H,1-2,11-13H2. The Labute approximate surface area is 166 Å². The van der Waals surface area contributed by atoms with Crippen LogP contribution in [0, 0.1) is 5.92 Å². The molecule has 4 rings (SSSR count). The Kier molecular flexibility index (Phi) is 5.53. The Bertz CT molecular complexity index is 932. The van der Waals surface area contributed by atoms with E-state index in [-0.39, 0.29) is 5.75 Å². The lowest BCUT2D eigenvalue weighted by molar-refractivity contribution is -0.274. The summed E-state index contributed by atoms with van der Waals surface area (Å²) < 4.78 is 42.2. The monoisotopic (exact) mass is 402 g/mol. The summed E-state index contributed by atoms with van der Waals surface area (Å²) in [4.78, 5) is 4.30. The fourth-order valence-electron chi connectivity index (χ4n) is 3.00. The number of aromatic nitrogens is 3. The molecule has 0 saturated heterocycles. The highest BCUT2D eigenvalue weighted by molar-refractivity contribution is 5.55. The van der Waals surface area contributed by atoms with Crippen LogP contribution < -0.4 is 10.1 Å². The number of hydrogen-bond donors (Lipinski definition) is 1. The van der Waals surface area contributed by atoms with Crippen LogP contribution in [0.5, 0.6) is 5.75 Å². The van der Waals surface area contributed by atoms with Crippen LogP contribution in [0.15, 0.2) is 54.9 Å². The van der Waals surface area contributed by atoms with Crippen molar-refractivity contribution in [1.82, 2.24) is 20.1 Å². The number of rotatable bonds is 8. The van der Waals surface area contributed by atoms with Crippen LogP contribution in [-0.4, -0.2) is 34.2 Å². The van der Waals surface area contributed by atoms with E-state index in [9.17, 15) is 13.2 Å². The van der Waals surface area contributed by atoms with Crippen molar-refractivity contribution >= 4 is 0 Å². The highest BCUT2D eigenvalue weighted by atomic mass is 19.4. The van der Waals surface area contributed by atoms with E-state index in [1.165, 1.54) is 53.7 Å². The van der Waals surface area contributed by atoms with E-state index in [0.717, 1.165) is 31.0 Å². The van der Waals surface area contributed by atoms with Crippen LogP contribution in [0.3, 0.4) is 0 Å². The van der Waals surface area contributed by atoms with Gasteiger partial charge in [0.15, 0.2) is 5.82 Å². The Morgan fingerprint density at radius 3 is 2.41 bits per heavy atom. The molecule has 1 aliphatic carbocycles. The van der Waals surface area contributed by atoms with Gasteiger partial charge in [0, 0.05) is 5.56 Å². The molecule has 0 aliphatic heterocycles. The van der Waals surface area contributed by atoms with Crippen LogP contribution in [-0.2, 0) is 6.42 Å². The van der Waals surface area contributed by atoms with Gasteiger partial charge in [0.25, 0.3) is 0 Å². The molecule has 1 N–H and O–H groups in total. The molecule has 1 heterocycles. The number of hydrogen-bond acceptors (Lipinski definition) is 4. The molecule has 3 aromatic rings. The molecule has 0 radical (unpaired) electrons. The largest absolute Gasteiger partial charge is 0.573 e. The fraction of sp³-hybridized carbons (Fsp3) is 0.333. The lowest BCUT2D eigenvalue weighted by Gasteiger charge is -2.09. The molecular weight excluding hydrogens is 381 g/mol. The Balaban J connectivity index is 1.36. The van der Waals surface area contributed by atoms with Gasteiger partial charge in [-0.05, 0) is 68.1 Å². The van der Waals surface area contributed by atoms with E-state index in [1.807, 2.05) is 12.1 Å². The minimum Gasteiger partial charge on any atom is -0.406 e. The van der Waals surface area contributed by atoms with Crippen LogP contribution in [0.1, 0.15) is 18.4 Å². The molecule has 0 atom stereocenters. The lowest BCUT2D eigenvalue weighted by Crippen LogP contribution is -2.19. The average molecular weight is 402 g/mol. The van der Waals surface area contributed by atoms with Gasteiger partial charge in [-0.25, -0.2) is 9.67 Å². The smallest absolute Gasteiger partial charge is 0.406 e. The number of halogens is 3. The van der Waals surface area contributed by atoms with Gasteiger partial charge in [0.1, 0.15) is 12.1 Å². The predicted molar refractivity (Wildman–Crippen MR) is 103 cm³/mol. The maximum atomic E-state index is 12.3. The Morgan fingerprint density at radius 1 is 1.03 bits per heavy atom. The van der Waals surface area contributed by atoms with Crippen molar-refractivity contribution < 1.29 is 17.9 Å². The number of nitrogens with one attached hydrogen (secondary N) is 1. The molecule has 1 aromatic heterocycles. The van der Waals surface area contributed by atoms with E-state index in [4.69, 9.17) is 0 Å².